The van der Waals surface area contributed by atoms with Gasteiger partial charge in [-0.25, -0.2) is 4.79 Å². The van der Waals surface area contributed by atoms with Crippen LogP contribution < -0.4 is 0 Å². The lowest BCUT2D eigenvalue weighted by Crippen LogP contribution is -2.55. The first kappa shape index (κ1) is 23.8. The van der Waals surface area contributed by atoms with Crippen LogP contribution in [0.3, 0.4) is 0 Å². The molecule has 0 saturated carbocycles. The van der Waals surface area contributed by atoms with Crippen molar-refractivity contribution in [2.75, 3.05) is 6.61 Å². The van der Waals surface area contributed by atoms with Crippen LogP contribution in [0.5, 0.6) is 0 Å². The first-order valence-electron chi connectivity index (χ1n) is 8.72. The molecule has 7 heteroatoms. The van der Waals surface area contributed by atoms with E-state index >= 15 is 0 Å². The second-order valence-electron chi connectivity index (χ2n) is 9.14. The molecule has 0 spiro atoms. The molecule has 0 aliphatic carbocycles. The number of ether oxygens (including phenoxy) is 1. The molecule has 0 aliphatic heterocycles. The Morgan fingerprint density at radius 1 is 1.00 bits per heavy atom. The lowest BCUT2D eigenvalue weighted by Gasteiger charge is -2.44. The van der Waals surface area contributed by atoms with E-state index < -0.39 is 25.2 Å². The predicted molar refractivity (Wildman–Crippen MR) is 110 cm³/mol. The highest BCUT2D eigenvalue weighted by Crippen LogP contribution is 2.39. The van der Waals surface area contributed by atoms with Crippen LogP contribution in [0.25, 0.3) is 0 Å². The van der Waals surface area contributed by atoms with E-state index in [2.05, 4.69) is 66.6 Å². The summed E-state index contributed by atoms with van der Waals surface area (Å²) >= 11 is 0. The average Bonchev–Trinajstić information content (AvgIpc) is 2.29. The summed E-state index contributed by atoms with van der Waals surface area (Å²) < 4.78 is 18.3. The van der Waals surface area contributed by atoms with Crippen LogP contribution in [-0.4, -0.2) is 37.8 Å². The molecular weight excluding hydrogens is 352 g/mol. The molecule has 24 heavy (non-hydrogen) atoms. The third-order valence-electron chi connectivity index (χ3n) is 4.33. The average molecular weight is 391 g/mol. The largest absolute Gasteiger partial charge is 0.462 e. The first-order chi connectivity index (χ1) is 10.5. The Morgan fingerprint density at radius 2 is 1.50 bits per heavy atom. The SMILES string of the molecule is C=C(C)C(=O)OCCC[Si](C)(C)O[Si](C)(C)O[Si](C)(C)C(C)(C)C. The Labute approximate surface area is 152 Å². The molecule has 0 atom stereocenters. The summed E-state index contributed by atoms with van der Waals surface area (Å²) in [6, 6.07) is 0.952. The molecule has 0 radical (unpaired) electrons. The predicted octanol–water partition coefficient (Wildman–Crippen LogP) is 5.44. The zero-order valence-electron chi connectivity index (χ0n) is 17.5. The molecule has 0 amide bonds. The fourth-order valence-electron chi connectivity index (χ4n) is 2.29. The molecular formula is C17H38O4Si3. The Kier molecular flexibility index (Phi) is 8.36. The highest BCUT2D eigenvalue weighted by molar-refractivity contribution is 6.88. The monoisotopic (exact) mass is 390 g/mol. The molecule has 0 aliphatic rings. The van der Waals surface area contributed by atoms with Crippen LogP contribution in [-0.2, 0) is 17.8 Å². The quantitative estimate of drug-likeness (QED) is 0.227. The zero-order valence-corrected chi connectivity index (χ0v) is 20.5. The summed E-state index contributed by atoms with van der Waals surface area (Å²) in [6.45, 7) is 25.7. The molecule has 0 bridgehead atoms. The molecule has 0 rings (SSSR count). The number of rotatable bonds is 9. The van der Waals surface area contributed by atoms with Gasteiger partial charge in [-0.3, -0.25) is 0 Å². The van der Waals surface area contributed by atoms with E-state index in [4.69, 9.17) is 13.0 Å². The fourth-order valence-corrected chi connectivity index (χ4v) is 15.7. The number of hydrogen-bond donors (Lipinski definition) is 0. The lowest BCUT2D eigenvalue weighted by molar-refractivity contribution is -0.138. The van der Waals surface area contributed by atoms with Gasteiger partial charge in [0.1, 0.15) is 0 Å². The molecule has 4 nitrogen and oxygen atoms in total. The van der Waals surface area contributed by atoms with Crippen LogP contribution in [0.1, 0.15) is 34.1 Å². The van der Waals surface area contributed by atoms with Gasteiger partial charge < -0.3 is 13.0 Å². The second-order valence-corrected chi connectivity index (χ2v) is 22.1. The van der Waals surface area contributed by atoms with Gasteiger partial charge >= 0.3 is 14.5 Å². The highest BCUT2D eigenvalue weighted by Gasteiger charge is 2.44. The second kappa shape index (κ2) is 8.44. The van der Waals surface area contributed by atoms with E-state index in [0.717, 1.165) is 12.5 Å². The van der Waals surface area contributed by atoms with Gasteiger partial charge in [0.2, 0.25) is 0 Å². The smallest absolute Gasteiger partial charge is 0.333 e. The fraction of sp³-hybridized carbons (Fsp3) is 0.824. The van der Waals surface area contributed by atoms with Gasteiger partial charge in [-0.1, -0.05) is 27.4 Å². The summed E-state index contributed by atoms with van der Waals surface area (Å²) in [5.41, 5.74) is 0.444. The Hall–Kier alpha value is -0.219. The topological polar surface area (TPSA) is 44.8 Å². The summed E-state index contributed by atoms with van der Waals surface area (Å²) in [4.78, 5) is 11.4. The summed E-state index contributed by atoms with van der Waals surface area (Å²) in [5.74, 6) is -0.314. The van der Waals surface area contributed by atoms with Crippen molar-refractivity contribution in [3.05, 3.63) is 12.2 Å². The van der Waals surface area contributed by atoms with E-state index in [1.54, 1.807) is 6.92 Å². The van der Waals surface area contributed by atoms with Crippen LogP contribution in [0.15, 0.2) is 12.2 Å². The molecule has 0 aromatic carbocycles. The third-order valence-corrected chi connectivity index (χ3v) is 17.7. The van der Waals surface area contributed by atoms with Gasteiger partial charge in [0.15, 0.2) is 16.6 Å². The Morgan fingerprint density at radius 3 is 1.92 bits per heavy atom. The van der Waals surface area contributed by atoms with Gasteiger partial charge in [0.05, 0.1) is 6.61 Å². The van der Waals surface area contributed by atoms with E-state index in [0.29, 0.717) is 12.2 Å². The van der Waals surface area contributed by atoms with Gasteiger partial charge in [-0.2, -0.15) is 0 Å². The van der Waals surface area contributed by atoms with E-state index in [1.807, 2.05) is 0 Å². The van der Waals surface area contributed by atoms with Crippen molar-refractivity contribution < 1.29 is 17.8 Å². The third kappa shape index (κ3) is 8.75. The van der Waals surface area contributed by atoms with Crippen molar-refractivity contribution in [2.45, 2.75) is 84.5 Å². The Balaban J connectivity index is 4.56. The van der Waals surface area contributed by atoms with E-state index in [1.165, 1.54) is 0 Å². The summed E-state index contributed by atoms with van der Waals surface area (Å²) in [6.07, 6.45) is 0.822. The zero-order chi connectivity index (χ0) is 19.4. The van der Waals surface area contributed by atoms with Gasteiger partial charge in [0.25, 0.3) is 0 Å². The van der Waals surface area contributed by atoms with Gasteiger partial charge in [-0.05, 0) is 63.7 Å². The first-order valence-corrected chi connectivity index (χ1v) is 17.6. The minimum Gasteiger partial charge on any atom is -0.462 e. The number of esters is 1. The molecule has 0 N–H and O–H groups in total. The van der Waals surface area contributed by atoms with Crippen molar-refractivity contribution in [1.82, 2.24) is 0 Å². The van der Waals surface area contributed by atoms with Crippen LogP contribution >= 0.6 is 0 Å². The summed E-state index contributed by atoms with van der Waals surface area (Å²) in [7, 11) is -5.86. The van der Waals surface area contributed by atoms with Crippen molar-refractivity contribution >= 4 is 31.2 Å². The minimum atomic E-state index is -2.18. The minimum absolute atomic E-state index is 0.184. The van der Waals surface area contributed by atoms with E-state index in [9.17, 15) is 4.79 Å². The molecule has 0 saturated heterocycles. The normalized spacial score (nSPS) is 13.8. The van der Waals surface area contributed by atoms with Crippen molar-refractivity contribution in [2.24, 2.45) is 0 Å². The maximum absolute atomic E-state index is 11.4. The molecule has 0 fully saturated rings. The molecule has 0 aromatic rings. The number of hydrogen-bond acceptors (Lipinski definition) is 4. The lowest BCUT2D eigenvalue weighted by atomic mass is 10.2. The molecule has 142 valence electrons. The van der Waals surface area contributed by atoms with Gasteiger partial charge in [0, 0.05) is 5.57 Å². The molecule has 0 unspecified atom stereocenters. The maximum Gasteiger partial charge on any atom is 0.333 e. The highest BCUT2D eigenvalue weighted by atomic mass is 28.5. The van der Waals surface area contributed by atoms with Crippen molar-refractivity contribution in [3.8, 4) is 0 Å². The summed E-state index contributed by atoms with van der Waals surface area (Å²) in [5, 5.41) is 0.184. The van der Waals surface area contributed by atoms with E-state index in [-0.39, 0.29) is 11.0 Å². The number of carbonyl (C=O) groups is 1. The van der Waals surface area contributed by atoms with Crippen LogP contribution in [0.4, 0.5) is 0 Å². The Bertz CT molecular complexity index is 451. The van der Waals surface area contributed by atoms with Gasteiger partial charge in [-0.15, -0.1) is 0 Å². The standard InChI is InChI=1S/C17H38O4Si3/c1-15(2)16(18)19-13-12-14-22(6,7)20-24(10,11)21-23(8,9)17(3,4)5/h1,12-14H2,2-11H3. The van der Waals surface area contributed by atoms with Crippen molar-refractivity contribution in [1.29, 1.82) is 0 Å². The van der Waals surface area contributed by atoms with Crippen LogP contribution in [0.2, 0.25) is 50.4 Å². The molecule has 0 heterocycles. The number of carbonyl (C=O) groups excluding carboxylic acids is 1. The molecule has 0 aromatic heterocycles. The maximum atomic E-state index is 11.4. The van der Waals surface area contributed by atoms with Crippen molar-refractivity contribution in [3.63, 3.8) is 0 Å². The van der Waals surface area contributed by atoms with Crippen LogP contribution in [0, 0.1) is 0 Å².